The molecule has 18 heavy (non-hydrogen) atoms. The van der Waals surface area contributed by atoms with Gasteiger partial charge in [0, 0.05) is 17.7 Å². The number of hydrogen-bond donors (Lipinski definition) is 2. The topological polar surface area (TPSA) is 106 Å². The molecule has 0 aliphatic heterocycles. The Morgan fingerprint density at radius 3 is 2.67 bits per heavy atom. The molecule has 7 heteroatoms. The zero-order valence-corrected chi connectivity index (χ0v) is 9.72. The Balaban J connectivity index is 3.31. The molecule has 0 aromatic heterocycles. The first-order valence-corrected chi connectivity index (χ1v) is 5.25. The number of carbonyl (C=O) groups excluding carboxylic acids is 1. The van der Waals surface area contributed by atoms with Gasteiger partial charge >= 0.3 is 0 Å². The highest BCUT2D eigenvalue weighted by atomic mass is 19.1. The molecular weight excluding hydrogens is 243 g/mol. The summed E-state index contributed by atoms with van der Waals surface area (Å²) in [5.41, 5.74) is 2.50. The molecule has 1 atom stereocenters. The molecule has 0 heterocycles. The first-order valence-electron chi connectivity index (χ1n) is 5.25. The number of aliphatic hydroxyl groups is 1. The van der Waals surface area contributed by atoms with Crippen LogP contribution >= 0.6 is 0 Å². The van der Waals surface area contributed by atoms with Crippen LogP contribution in [0.15, 0.2) is 18.2 Å². The molecule has 1 aromatic carbocycles. The third-order valence-corrected chi connectivity index (χ3v) is 2.71. The van der Waals surface area contributed by atoms with Crippen LogP contribution in [0.3, 0.4) is 0 Å². The molecule has 0 saturated heterocycles. The van der Waals surface area contributed by atoms with E-state index in [1.807, 2.05) is 0 Å². The maximum atomic E-state index is 13.6. The van der Waals surface area contributed by atoms with Crippen LogP contribution in [0.5, 0.6) is 0 Å². The fourth-order valence-electron chi connectivity index (χ4n) is 1.68. The van der Waals surface area contributed by atoms with Gasteiger partial charge in [-0.2, -0.15) is 0 Å². The van der Waals surface area contributed by atoms with E-state index in [0.717, 1.165) is 18.2 Å². The lowest BCUT2D eigenvalue weighted by molar-refractivity contribution is -0.385. The van der Waals surface area contributed by atoms with Crippen molar-refractivity contribution >= 4 is 11.6 Å². The van der Waals surface area contributed by atoms with Gasteiger partial charge < -0.3 is 10.8 Å². The van der Waals surface area contributed by atoms with Crippen LogP contribution in [-0.4, -0.2) is 15.9 Å². The van der Waals surface area contributed by atoms with E-state index in [2.05, 4.69) is 0 Å². The lowest BCUT2D eigenvalue weighted by Gasteiger charge is -2.26. The molecule has 1 unspecified atom stereocenters. The second kappa shape index (κ2) is 5.09. The van der Waals surface area contributed by atoms with Gasteiger partial charge in [0.2, 0.25) is 5.91 Å². The summed E-state index contributed by atoms with van der Waals surface area (Å²) in [4.78, 5) is 20.8. The van der Waals surface area contributed by atoms with Crippen LogP contribution in [-0.2, 0) is 10.4 Å². The van der Waals surface area contributed by atoms with Gasteiger partial charge in [-0.3, -0.25) is 14.9 Å². The third kappa shape index (κ3) is 2.80. The molecule has 3 N–H and O–H groups in total. The summed E-state index contributed by atoms with van der Waals surface area (Å²) in [7, 11) is 0. The summed E-state index contributed by atoms with van der Waals surface area (Å²) in [6, 6.07) is 2.79. The average molecular weight is 256 g/mol. The number of carbonyl (C=O) groups is 1. The average Bonchev–Trinajstić information content (AvgIpc) is 2.28. The lowest BCUT2D eigenvalue weighted by atomic mass is 9.87. The monoisotopic (exact) mass is 256 g/mol. The van der Waals surface area contributed by atoms with Crippen LogP contribution in [0, 0.1) is 15.9 Å². The Hall–Kier alpha value is -2.02. The van der Waals surface area contributed by atoms with Crippen molar-refractivity contribution in [3.63, 3.8) is 0 Å². The van der Waals surface area contributed by atoms with Gasteiger partial charge in [0.05, 0.1) is 11.3 Å². The summed E-state index contributed by atoms with van der Waals surface area (Å²) in [5.74, 6) is -1.63. The van der Waals surface area contributed by atoms with E-state index in [9.17, 15) is 24.4 Å². The predicted molar refractivity (Wildman–Crippen MR) is 61.1 cm³/mol. The zero-order valence-electron chi connectivity index (χ0n) is 9.72. The number of nitrogens with two attached hydrogens (primary N) is 1. The van der Waals surface area contributed by atoms with E-state index < -0.39 is 28.7 Å². The van der Waals surface area contributed by atoms with Crippen molar-refractivity contribution in [2.45, 2.75) is 25.4 Å². The predicted octanol–water partition coefficient (Wildman–Crippen LogP) is 1.21. The molecular formula is C11H13FN2O4. The normalized spacial score (nSPS) is 13.9. The maximum Gasteiger partial charge on any atom is 0.270 e. The Labute approximate surface area is 102 Å². The molecule has 1 aromatic rings. The fraction of sp³-hybridized carbons (Fsp3) is 0.364. The van der Waals surface area contributed by atoms with Gasteiger partial charge in [-0.15, -0.1) is 0 Å². The quantitative estimate of drug-likeness (QED) is 0.609. The first kappa shape index (κ1) is 14.0. The molecule has 1 amide bonds. The standard InChI is InChI=1S/C11H13FN2O4/c1-2-11(16,6-10(13)15)8-5-7(14(17)18)3-4-9(8)12/h3-5,16H,2,6H2,1H3,(H2,13,15). The SMILES string of the molecule is CCC(O)(CC(N)=O)c1cc([N+](=O)[O-])ccc1F. The number of nitrogens with zero attached hydrogens (tertiary/aromatic N) is 1. The van der Waals surface area contributed by atoms with E-state index in [1.165, 1.54) is 6.92 Å². The fourth-order valence-corrected chi connectivity index (χ4v) is 1.68. The number of rotatable bonds is 5. The largest absolute Gasteiger partial charge is 0.385 e. The van der Waals surface area contributed by atoms with Crippen molar-refractivity contribution in [2.75, 3.05) is 0 Å². The molecule has 6 nitrogen and oxygen atoms in total. The van der Waals surface area contributed by atoms with Crippen LogP contribution in [0.25, 0.3) is 0 Å². The highest BCUT2D eigenvalue weighted by Gasteiger charge is 2.33. The van der Waals surface area contributed by atoms with Gasteiger partial charge in [-0.05, 0) is 12.5 Å². The van der Waals surface area contributed by atoms with Crippen molar-refractivity contribution in [1.29, 1.82) is 0 Å². The minimum atomic E-state index is -1.83. The number of benzene rings is 1. The molecule has 0 bridgehead atoms. The second-order valence-corrected chi connectivity index (χ2v) is 3.95. The minimum Gasteiger partial charge on any atom is -0.385 e. The number of nitro benzene ring substituents is 1. The van der Waals surface area contributed by atoms with Crippen molar-refractivity contribution in [2.24, 2.45) is 5.73 Å². The molecule has 0 spiro atoms. The molecule has 98 valence electrons. The zero-order chi connectivity index (χ0) is 13.9. The molecule has 0 fully saturated rings. The third-order valence-electron chi connectivity index (χ3n) is 2.71. The summed E-state index contributed by atoms with van der Waals surface area (Å²) >= 11 is 0. The number of amides is 1. The van der Waals surface area contributed by atoms with Gasteiger partial charge in [-0.1, -0.05) is 6.92 Å². The number of hydrogen-bond acceptors (Lipinski definition) is 4. The Morgan fingerprint density at radius 2 is 2.22 bits per heavy atom. The summed E-state index contributed by atoms with van der Waals surface area (Å²) in [6.07, 6.45) is -0.490. The van der Waals surface area contributed by atoms with E-state index in [4.69, 9.17) is 5.73 Å². The van der Waals surface area contributed by atoms with Gasteiger partial charge in [0.25, 0.3) is 5.69 Å². The highest BCUT2D eigenvalue weighted by Crippen LogP contribution is 2.32. The van der Waals surface area contributed by atoms with Crippen LogP contribution in [0.4, 0.5) is 10.1 Å². The number of nitro groups is 1. The van der Waals surface area contributed by atoms with Crippen LogP contribution < -0.4 is 5.73 Å². The number of halogens is 1. The van der Waals surface area contributed by atoms with Crippen molar-refractivity contribution in [3.05, 3.63) is 39.7 Å². The molecule has 1 rings (SSSR count). The summed E-state index contributed by atoms with van der Waals surface area (Å²) in [6.45, 7) is 1.53. The molecule has 0 aliphatic rings. The first-order chi connectivity index (χ1) is 8.30. The van der Waals surface area contributed by atoms with Gasteiger partial charge in [0.1, 0.15) is 11.4 Å². The van der Waals surface area contributed by atoms with E-state index in [0.29, 0.717) is 0 Å². The van der Waals surface area contributed by atoms with Gasteiger partial charge in [-0.25, -0.2) is 4.39 Å². The second-order valence-electron chi connectivity index (χ2n) is 3.95. The van der Waals surface area contributed by atoms with Crippen molar-refractivity contribution in [1.82, 2.24) is 0 Å². The highest BCUT2D eigenvalue weighted by molar-refractivity contribution is 5.75. The smallest absolute Gasteiger partial charge is 0.270 e. The molecule has 0 radical (unpaired) electrons. The van der Waals surface area contributed by atoms with Crippen molar-refractivity contribution < 1.29 is 19.2 Å². The Kier molecular flexibility index (Phi) is 3.97. The van der Waals surface area contributed by atoms with Crippen LogP contribution in [0.2, 0.25) is 0 Å². The van der Waals surface area contributed by atoms with E-state index >= 15 is 0 Å². The summed E-state index contributed by atoms with van der Waals surface area (Å²) in [5, 5.41) is 20.8. The minimum absolute atomic E-state index is 0.00796. The van der Waals surface area contributed by atoms with Crippen LogP contribution in [0.1, 0.15) is 25.3 Å². The van der Waals surface area contributed by atoms with Gasteiger partial charge in [0.15, 0.2) is 0 Å². The molecule has 0 aliphatic carbocycles. The maximum absolute atomic E-state index is 13.6. The van der Waals surface area contributed by atoms with Crippen molar-refractivity contribution in [3.8, 4) is 0 Å². The number of non-ortho nitro benzene ring substituents is 1. The van der Waals surface area contributed by atoms with E-state index in [1.54, 1.807) is 0 Å². The van der Waals surface area contributed by atoms with E-state index in [-0.39, 0.29) is 17.7 Å². The number of primary amides is 1. The Morgan fingerprint density at radius 1 is 1.61 bits per heavy atom. The molecule has 0 saturated carbocycles. The summed E-state index contributed by atoms with van der Waals surface area (Å²) < 4.78 is 13.6. The lowest BCUT2D eigenvalue weighted by Crippen LogP contribution is -2.32. The Bertz CT molecular complexity index is 492.